The van der Waals surface area contributed by atoms with Gasteiger partial charge < -0.3 is 19.5 Å². The van der Waals surface area contributed by atoms with E-state index in [4.69, 9.17) is 14.2 Å². The molecule has 0 fully saturated rings. The van der Waals surface area contributed by atoms with Gasteiger partial charge in [-0.3, -0.25) is 9.59 Å². The van der Waals surface area contributed by atoms with E-state index >= 15 is 0 Å². The number of amides is 1. The molecule has 31 heavy (non-hydrogen) atoms. The molecule has 0 saturated heterocycles. The van der Waals surface area contributed by atoms with E-state index in [0.717, 1.165) is 0 Å². The molecule has 1 atom stereocenters. The molecule has 3 aromatic rings. The molecule has 0 aliphatic carbocycles. The molecule has 0 radical (unpaired) electrons. The van der Waals surface area contributed by atoms with Crippen LogP contribution in [0.4, 0.5) is 5.69 Å². The lowest BCUT2D eigenvalue weighted by Crippen LogP contribution is -2.28. The van der Waals surface area contributed by atoms with Crippen molar-refractivity contribution in [2.24, 2.45) is 0 Å². The molecule has 0 heterocycles. The van der Waals surface area contributed by atoms with E-state index in [9.17, 15) is 14.4 Å². The van der Waals surface area contributed by atoms with E-state index in [0.29, 0.717) is 28.8 Å². The monoisotopic (exact) mass is 419 g/mol. The van der Waals surface area contributed by atoms with Crippen LogP contribution < -0.4 is 14.8 Å². The Hall–Kier alpha value is -4.13. The van der Waals surface area contributed by atoms with Gasteiger partial charge in [0.05, 0.1) is 12.7 Å². The number of esters is 1. The van der Waals surface area contributed by atoms with Gasteiger partial charge in [-0.2, -0.15) is 0 Å². The summed E-state index contributed by atoms with van der Waals surface area (Å²) in [5, 5.41) is 2.73. The van der Waals surface area contributed by atoms with Gasteiger partial charge in [-0.25, -0.2) is 4.79 Å². The Labute approximate surface area is 179 Å². The highest BCUT2D eigenvalue weighted by atomic mass is 16.6. The number of carbonyl (C=O) groups excluding carboxylic acids is 3. The Kier molecular flexibility index (Phi) is 7.37. The van der Waals surface area contributed by atoms with Crippen LogP contribution in [-0.2, 0) is 14.3 Å². The molecule has 0 aromatic heterocycles. The van der Waals surface area contributed by atoms with Crippen LogP contribution in [0.2, 0.25) is 0 Å². The van der Waals surface area contributed by atoms with Gasteiger partial charge in [-0.15, -0.1) is 0 Å². The number of rotatable bonds is 9. The van der Waals surface area contributed by atoms with Crippen LogP contribution in [-0.4, -0.2) is 31.9 Å². The van der Waals surface area contributed by atoms with Gasteiger partial charge in [-0.1, -0.05) is 48.5 Å². The standard InChI is InChI=1S/C24H21NO6/c1-29-20-12-7-11-19(14-20)25-24(28)23(17-8-3-2-4-9-17)31-22(27)16-30-21-13-6-5-10-18(21)15-26/h2-15,23H,16H2,1H3,(H,25,28)/t23-/m0/s1. The fraction of sp³-hybridized carbons (Fsp3) is 0.125. The van der Waals surface area contributed by atoms with E-state index in [2.05, 4.69) is 5.32 Å². The molecule has 3 aromatic carbocycles. The topological polar surface area (TPSA) is 90.9 Å². The first-order valence-corrected chi connectivity index (χ1v) is 9.47. The van der Waals surface area contributed by atoms with Crippen LogP contribution in [0.25, 0.3) is 0 Å². The summed E-state index contributed by atoms with van der Waals surface area (Å²) >= 11 is 0. The molecule has 1 amide bonds. The van der Waals surface area contributed by atoms with Crippen molar-refractivity contribution in [1.29, 1.82) is 0 Å². The molecule has 3 rings (SSSR count). The minimum Gasteiger partial charge on any atom is -0.497 e. The van der Waals surface area contributed by atoms with Crippen molar-refractivity contribution in [3.05, 3.63) is 90.0 Å². The molecular formula is C24H21NO6. The summed E-state index contributed by atoms with van der Waals surface area (Å²) in [6, 6.07) is 22.0. The molecular weight excluding hydrogens is 398 g/mol. The highest BCUT2D eigenvalue weighted by Crippen LogP contribution is 2.23. The average Bonchev–Trinajstić information content (AvgIpc) is 2.82. The maximum Gasteiger partial charge on any atom is 0.345 e. The number of benzene rings is 3. The quantitative estimate of drug-likeness (QED) is 0.419. The van der Waals surface area contributed by atoms with E-state index < -0.39 is 24.6 Å². The first kappa shape index (κ1) is 21.6. The second-order valence-electron chi connectivity index (χ2n) is 6.45. The molecule has 0 aliphatic heterocycles. The minimum absolute atomic E-state index is 0.256. The second kappa shape index (κ2) is 10.6. The van der Waals surface area contributed by atoms with Crippen LogP contribution in [0.3, 0.4) is 0 Å². The van der Waals surface area contributed by atoms with E-state index in [1.807, 2.05) is 0 Å². The van der Waals surface area contributed by atoms with Crippen molar-refractivity contribution in [3.8, 4) is 11.5 Å². The Morgan fingerprint density at radius 1 is 0.968 bits per heavy atom. The molecule has 158 valence electrons. The van der Waals surface area contributed by atoms with Crippen LogP contribution in [0.5, 0.6) is 11.5 Å². The van der Waals surface area contributed by atoms with Gasteiger partial charge in [0.1, 0.15) is 11.5 Å². The summed E-state index contributed by atoms with van der Waals surface area (Å²) < 4.78 is 16.0. The van der Waals surface area contributed by atoms with Crippen LogP contribution in [0.15, 0.2) is 78.9 Å². The van der Waals surface area contributed by atoms with Crippen molar-refractivity contribution in [3.63, 3.8) is 0 Å². The van der Waals surface area contributed by atoms with Gasteiger partial charge in [0, 0.05) is 17.3 Å². The highest BCUT2D eigenvalue weighted by Gasteiger charge is 2.25. The number of aldehydes is 1. The summed E-state index contributed by atoms with van der Waals surface area (Å²) in [6.07, 6.45) is -0.556. The molecule has 0 saturated carbocycles. The minimum atomic E-state index is -1.19. The first-order chi connectivity index (χ1) is 15.1. The zero-order chi connectivity index (χ0) is 22.1. The molecule has 0 bridgehead atoms. The number of para-hydroxylation sites is 1. The summed E-state index contributed by atoms with van der Waals surface area (Å²) in [7, 11) is 1.53. The van der Waals surface area contributed by atoms with Crippen molar-refractivity contribution >= 4 is 23.9 Å². The fourth-order valence-electron chi connectivity index (χ4n) is 2.82. The SMILES string of the molecule is COc1cccc(NC(=O)[C@@H](OC(=O)COc2ccccc2C=O)c2ccccc2)c1. The number of hydrogen-bond acceptors (Lipinski definition) is 6. The number of carbonyl (C=O) groups is 3. The Morgan fingerprint density at radius 2 is 1.71 bits per heavy atom. The first-order valence-electron chi connectivity index (χ1n) is 9.47. The van der Waals surface area contributed by atoms with Gasteiger partial charge in [0.25, 0.3) is 5.91 Å². The number of hydrogen-bond donors (Lipinski definition) is 1. The van der Waals surface area contributed by atoms with Crippen LogP contribution in [0, 0.1) is 0 Å². The normalized spacial score (nSPS) is 11.1. The van der Waals surface area contributed by atoms with Crippen LogP contribution in [0.1, 0.15) is 22.0 Å². The summed E-state index contributed by atoms with van der Waals surface area (Å²) in [5.41, 5.74) is 1.31. The third-order valence-electron chi connectivity index (χ3n) is 4.32. The second-order valence-corrected chi connectivity index (χ2v) is 6.45. The predicted octanol–water partition coefficient (Wildman–Crippen LogP) is 3.81. The Balaban J connectivity index is 1.72. The van der Waals surface area contributed by atoms with Crippen LogP contribution >= 0.6 is 0 Å². The summed E-state index contributed by atoms with van der Waals surface area (Å²) in [4.78, 5) is 36.4. The molecule has 0 aliphatic rings. The van der Waals surface area contributed by atoms with Crippen molar-refractivity contribution in [2.75, 3.05) is 19.0 Å². The van der Waals surface area contributed by atoms with Crippen molar-refractivity contribution in [1.82, 2.24) is 0 Å². The van der Waals surface area contributed by atoms with Crippen molar-refractivity contribution in [2.45, 2.75) is 6.10 Å². The third-order valence-corrected chi connectivity index (χ3v) is 4.32. The van der Waals surface area contributed by atoms with Gasteiger partial charge in [0.15, 0.2) is 12.9 Å². The van der Waals surface area contributed by atoms with E-state index in [1.165, 1.54) is 7.11 Å². The molecule has 0 spiro atoms. The van der Waals surface area contributed by atoms with Crippen molar-refractivity contribution < 1.29 is 28.6 Å². The smallest absolute Gasteiger partial charge is 0.345 e. The Bertz CT molecular complexity index is 1050. The van der Waals surface area contributed by atoms with E-state index in [1.54, 1.807) is 78.9 Å². The summed E-state index contributed by atoms with van der Waals surface area (Å²) in [5.74, 6) is -0.448. The maximum absolute atomic E-state index is 12.9. The maximum atomic E-state index is 12.9. The number of ether oxygens (including phenoxy) is 3. The number of methoxy groups -OCH3 is 1. The molecule has 7 nitrogen and oxygen atoms in total. The third kappa shape index (κ3) is 5.93. The Morgan fingerprint density at radius 3 is 2.45 bits per heavy atom. The molecule has 1 N–H and O–H groups in total. The lowest BCUT2D eigenvalue weighted by atomic mass is 10.1. The molecule has 7 heteroatoms. The van der Waals surface area contributed by atoms with Gasteiger partial charge >= 0.3 is 5.97 Å². The largest absolute Gasteiger partial charge is 0.497 e. The lowest BCUT2D eigenvalue weighted by molar-refractivity contribution is -0.156. The van der Waals surface area contributed by atoms with Gasteiger partial charge in [-0.05, 0) is 24.3 Å². The zero-order valence-corrected chi connectivity index (χ0v) is 16.8. The fourth-order valence-corrected chi connectivity index (χ4v) is 2.82. The van der Waals surface area contributed by atoms with E-state index in [-0.39, 0.29) is 5.75 Å². The number of anilines is 1. The lowest BCUT2D eigenvalue weighted by Gasteiger charge is -2.18. The zero-order valence-electron chi connectivity index (χ0n) is 16.8. The predicted molar refractivity (Wildman–Crippen MR) is 114 cm³/mol. The average molecular weight is 419 g/mol. The van der Waals surface area contributed by atoms with Gasteiger partial charge in [0.2, 0.25) is 6.10 Å². The number of nitrogens with one attached hydrogen (secondary N) is 1. The highest BCUT2D eigenvalue weighted by molar-refractivity contribution is 5.96. The molecule has 0 unspecified atom stereocenters. The summed E-state index contributed by atoms with van der Waals surface area (Å²) in [6.45, 7) is -0.458.